The molecule has 0 saturated carbocycles. The van der Waals surface area contributed by atoms with E-state index in [9.17, 15) is 8.42 Å². The van der Waals surface area contributed by atoms with E-state index in [1.807, 2.05) is 38.1 Å². The minimum atomic E-state index is -2.64. The molecule has 0 aliphatic carbocycles. The molecule has 0 amide bonds. The van der Waals surface area contributed by atoms with E-state index in [0.717, 1.165) is 11.1 Å². The molecule has 2 rings (SSSR count). The number of hydrogen-bond acceptors (Lipinski definition) is 4. The lowest BCUT2D eigenvalue weighted by molar-refractivity contribution is 0.676. The van der Waals surface area contributed by atoms with Crippen LogP contribution >= 0.6 is 0 Å². The predicted molar refractivity (Wildman–Crippen MR) is 99.6 cm³/mol. The van der Waals surface area contributed by atoms with Crippen LogP contribution in [-0.4, -0.2) is 19.9 Å². The van der Waals surface area contributed by atoms with Gasteiger partial charge < -0.3 is 0 Å². The Morgan fingerprint density at radius 2 is 0.955 bits per heavy atom. The van der Waals surface area contributed by atoms with Gasteiger partial charge in [0.15, 0.2) is 0 Å². The lowest BCUT2D eigenvalue weighted by Crippen LogP contribution is -2.16. The van der Waals surface area contributed by atoms with Crippen LogP contribution in [0, 0.1) is 13.8 Å². The van der Waals surface area contributed by atoms with Crippen molar-refractivity contribution in [2.24, 2.45) is 0 Å². The van der Waals surface area contributed by atoms with E-state index in [-0.39, 0.29) is 11.5 Å². The standard InChI is InChI=1S/C16H18O2S4/c1-13-3-7-15(8-4-13)21(17,19)11-12-22(18,20)16-9-5-14(2)6-10-16/h3-10H,11-12H2,1-2H3. The first-order valence-electron chi connectivity index (χ1n) is 6.79. The Balaban J connectivity index is 2.17. The number of benzene rings is 2. The van der Waals surface area contributed by atoms with Gasteiger partial charge in [-0.15, -0.1) is 0 Å². The van der Waals surface area contributed by atoms with Gasteiger partial charge in [0.25, 0.3) is 0 Å². The molecule has 2 unspecified atom stereocenters. The van der Waals surface area contributed by atoms with Crippen LogP contribution in [0.2, 0.25) is 0 Å². The van der Waals surface area contributed by atoms with Crippen LogP contribution in [-0.2, 0) is 39.4 Å². The molecule has 0 radical (unpaired) electrons. The molecule has 0 fully saturated rings. The largest absolute Gasteiger partial charge is 0.252 e. The fraction of sp³-hybridized carbons (Fsp3) is 0.250. The molecule has 0 spiro atoms. The first-order valence-corrected chi connectivity index (χ1v) is 12.1. The molecule has 2 atom stereocenters. The molecule has 6 heteroatoms. The summed E-state index contributed by atoms with van der Waals surface area (Å²) in [5, 5.41) is 0. The highest BCUT2D eigenvalue weighted by atomic mass is 32.8. The van der Waals surface area contributed by atoms with E-state index < -0.39 is 17.0 Å². The van der Waals surface area contributed by atoms with Crippen molar-refractivity contribution in [3.63, 3.8) is 0 Å². The second-order valence-corrected chi connectivity index (χ2v) is 12.7. The van der Waals surface area contributed by atoms with Gasteiger partial charge in [0.05, 0.1) is 17.0 Å². The first kappa shape index (κ1) is 17.5. The van der Waals surface area contributed by atoms with Gasteiger partial charge in [0.2, 0.25) is 0 Å². The van der Waals surface area contributed by atoms with Gasteiger partial charge in [-0.3, -0.25) is 8.42 Å². The quantitative estimate of drug-likeness (QED) is 0.809. The predicted octanol–water partition coefficient (Wildman–Crippen LogP) is 3.21. The topological polar surface area (TPSA) is 34.1 Å². The summed E-state index contributed by atoms with van der Waals surface area (Å²) >= 11 is 10.5. The van der Waals surface area contributed by atoms with Gasteiger partial charge in [0, 0.05) is 21.3 Å². The summed E-state index contributed by atoms with van der Waals surface area (Å²) in [5.41, 5.74) is 2.17. The minimum absolute atomic E-state index is 0.154. The van der Waals surface area contributed by atoms with Crippen LogP contribution in [0.3, 0.4) is 0 Å². The van der Waals surface area contributed by atoms with Crippen molar-refractivity contribution in [2.45, 2.75) is 23.6 Å². The van der Waals surface area contributed by atoms with E-state index in [1.54, 1.807) is 24.3 Å². The number of rotatable bonds is 5. The molecule has 0 aliphatic heterocycles. The number of aryl methyl sites for hydroxylation is 2. The van der Waals surface area contributed by atoms with Crippen LogP contribution in [0.1, 0.15) is 11.1 Å². The molecular formula is C16H18O2S4. The fourth-order valence-corrected chi connectivity index (χ4v) is 7.17. The summed E-state index contributed by atoms with van der Waals surface area (Å²) in [6.07, 6.45) is 0. The Labute approximate surface area is 142 Å². The van der Waals surface area contributed by atoms with E-state index >= 15 is 0 Å². The minimum Gasteiger partial charge on any atom is -0.252 e. The highest BCUT2D eigenvalue weighted by Gasteiger charge is 2.16. The maximum Gasteiger partial charge on any atom is 0.0598 e. The molecule has 0 aromatic heterocycles. The van der Waals surface area contributed by atoms with Gasteiger partial charge in [0.1, 0.15) is 0 Å². The van der Waals surface area contributed by atoms with Gasteiger partial charge in [-0.2, -0.15) is 0 Å². The van der Waals surface area contributed by atoms with Gasteiger partial charge in [-0.05, 0) is 60.5 Å². The molecule has 2 aromatic rings. The maximum atomic E-state index is 12.7. The zero-order chi connectivity index (χ0) is 16.4. The smallest absolute Gasteiger partial charge is 0.0598 e. The van der Waals surface area contributed by atoms with Gasteiger partial charge >= 0.3 is 0 Å². The summed E-state index contributed by atoms with van der Waals surface area (Å²) in [6.45, 7) is 3.92. The van der Waals surface area contributed by atoms with Gasteiger partial charge in [-0.1, -0.05) is 35.4 Å². The first-order chi connectivity index (χ1) is 10.2. The molecule has 22 heavy (non-hydrogen) atoms. The highest BCUT2D eigenvalue weighted by Crippen LogP contribution is 2.17. The van der Waals surface area contributed by atoms with E-state index in [2.05, 4.69) is 0 Å². The summed E-state index contributed by atoms with van der Waals surface area (Å²) < 4.78 is 25.3. The third-order valence-corrected chi connectivity index (χ3v) is 9.26. The Hall–Kier alpha value is -0.820. The van der Waals surface area contributed by atoms with Crippen molar-refractivity contribution in [2.75, 3.05) is 11.5 Å². The average molecular weight is 371 g/mol. The van der Waals surface area contributed by atoms with Crippen molar-refractivity contribution in [3.05, 3.63) is 59.7 Å². The summed E-state index contributed by atoms with van der Waals surface area (Å²) in [5.74, 6) is 0.309. The van der Waals surface area contributed by atoms with Crippen LogP contribution in [0.25, 0.3) is 0 Å². The lowest BCUT2D eigenvalue weighted by Gasteiger charge is -2.11. The Morgan fingerprint density at radius 3 is 1.23 bits per heavy atom. The van der Waals surface area contributed by atoms with E-state index in [0.29, 0.717) is 9.79 Å². The summed E-state index contributed by atoms with van der Waals surface area (Å²) in [4.78, 5) is 1.23. The van der Waals surface area contributed by atoms with Crippen molar-refractivity contribution in [3.8, 4) is 0 Å². The Kier molecular flexibility index (Phi) is 5.37. The monoisotopic (exact) mass is 370 g/mol. The molecule has 2 aromatic carbocycles. The summed E-state index contributed by atoms with van der Waals surface area (Å²) in [7, 11) is -5.28. The lowest BCUT2D eigenvalue weighted by atomic mass is 10.2. The third-order valence-electron chi connectivity index (χ3n) is 3.38. The van der Waals surface area contributed by atoms with Crippen LogP contribution in [0.4, 0.5) is 0 Å². The Morgan fingerprint density at radius 1 is 0.682 bits per heavy atom. The molecular weight excluding hydrogens is 352 g/mol. The SMILES string of the molecule is Cc1ccc(S(=O)(=S)CCS(=O)(=S)c2ccc(C)cc2)cc1. The Bertz CT molecular complexity index is 772. The second kappa shape index (κ2) is 6.74. The van der Waals surface area contributed by atoms with Gasteiger partial charge in [-0.25, -0.2) is 0 Å². The molecule has 0 bridgehead atoms. The maximum absolute atomic E-state index is 12.7. The van der Waals surface area contributed by atoms with Crippen molar-refractivity contribution in [1.82, 2.24) is 0 Å². The van der Waals surface area contributed by atoms with Crippen molar-refractivity contribution < 1.29 is 8.42 Å². The van der Waals surface area contributed by atoms with E-state index in [1.165, 1.54) is 0 Å². The molecule has 2 nitrogen and oxygen atoms in total. The highest BCUT2D eigenvalue weighted by molar-refractivity contribution is 8.35. The molecule has 0 heterocycles. The van der Waals surface area contributed by atoms with Crippen molar-refractivity contribution >= 4 is 39.4 Å². The van der Waals surface area contributed by atoms with Crippen LogP contribution in [0.5, 0.6) is 0 Å². The zero-order valence-corrected chi connectivity index (χ0v) is 15.7. The molecule has 0 aliphatic rings. The zero-order valence-electron chi connectivity index (χ0n) is 12.5. The normalized spacial score (nSPS) is 16.6. The molecule has 0 saturated heterocycles. The number of hydrogen-bond donors (Lipinski definition) is 0. The molecule has 118 valence electrons. The average Bonchev–Trinajstić information content (AvgIpc) is 2.46. The summed E-state index contributed by atoms with van der Waals surface area (Å²) in [6, 6.07) is 14.6. The van der Waals surface area contributed by atoms with Crippen LogP contribution in [0.15, 0.2) is 58.3 Å². The van der Waals surface area contributed by atoms with Crippen molar-refractivity contribution in [1.29, 1.82) is 0 Å². The third kappa shape index (κ3) is 4.35. The van der Waals surface area contributed by atoms with Crippen LogP contribution < -0.4 is 0 Å². The second-order valence-electron chi connectivity index (χ2n) is 5.26. The fourth-order valence-electron chi connectivity index (χ4n) is 1.95. The molecule has 0 N–H and O–H groups in total. The van der Waals surface area contributed by atoms with E-state index in [4.69, 9.17) is 22.4 Å².